The van der Waals surface area contributed by atoms with Crippen LogP contribution in [-0.2, 0) is 9.36 Å². The number of carbonyl (C=O) groups is 1. The first-order valence-corrected chi connectivity index (χ1v) is 12.4. The molecule has 31 heavy (non-hydrogen) atoms. The second-order valence-electron chi connectivity index (χ2n) is 8.14. The molecule has 3 aromatic rings. The number of aryl methyl sites for hydroxylation is 1. The van der Waals surface area contributed by atoms with E-state index in [9.17, 15) is 9.36 Å². The lowest BCUT2D eigenvalue weighted by Crippen LogP contribution is -2.35. The highest BCUT2D eigenvalue weighted by Crippen LogP contribution is 2.65. The van der Waals surface area contributed by atoms with E-state index in [0.29, 0.717) is 26.1 Å². The molecule has 0 bridgehead atoms. The summed E-state index contributed by atoms with van der Waals surface area (Å²) in [5.41, 5.74) is 3.29. The minimum absolute atomic E-state index is 0.0454. The van der Waals surface area contributed by atoms with Crippen molar-refractivity contribution in [2.45, 2.75) is 19.0 Å². The molecule has 2 saturated heterocycles. The number of para-hydroxylation sites is 2. The number of rotatable bonds is 4. The third-order valence-electron chi connectivity index (χ3n) is 6.25. The second-order valence-corrected chi connectivity index (χ2v) is 10.9. The van der Waals surface area contributed by atoms with Crippen molar-refractivity contribution in [2.75, 3.05) is 33.9 Å². The van der Waals surface area contributed by atoms with Crippen molar-refractivity contribution < 1.29 is 9.36 Å². The number of anilines is 3. The Bertz CT molecular complexity index is 1070. The van der Waals surface area contributed by atoms with Crippen molar-refractivity contribution in [3.63, 3.8) is 0 Å². The van der Waals surface area contributed by atoms with E-state index in [-0.39, 0.29) is 5.91 Å². The summed E-state index contributed by atoms with van der Waals surface area (Å²) in [6, 6.07) is 27.7. The Balaban J connectivity index is 1.55. The molecule has 0 aromatic heterocycles. The normalized spacial score (nSPS) is 20.5. The van der Waals surface area contributed by atoms with Gasteiger partial charge >= 0.3 is 0 Å². The SMILES string of the molecule is Cc1ccc(N2CCC(P3(=O)N(c4ccccc4)CCN3c3ccccc3)C2=O)cc1. The number of hydrogen-bond donors (Lipinski definition) is 0. The summed E-state index contributed by atoms with van der Waals surface area (Å²) in [6.45, 7) is 3.88. The molecule has 2 heterocycles. The third-order valence-corrected chi connectivity index (χ3v) is 9.79. The van der Waals surface area contributed by atoms with Gasteiger partial charge in [-0.2, -0.15) is 0 Å². The second kappa shape index (κ2) is 7.90. The van der Waals surface area contributed by atoms with Crippen molar-refractivity contribution in [2.24, 2.45) is 0 Å². The molecule has 158 valence electrons. The number of benzene rings is 3. The molecule has 0 saturated carbocycles. The van der Waals surface area contributed by atoms with Gasteiger partial charge in [0, 0.05) is 36.7 Å². The first kappa shape index (κ1) is 19.9. The smallest absolute Gasteiger partial charge is 0.275 e. The Morgan fingerprint density at radius 2 is 1.23 bits per heavy atom. The van der Waals surface area contributed by atoms with Gasteiger partial charge in [0.15, 0.2) is 0 Å². The van der Waals surface area contributed by atoms with Gasteiger partial charge in [0.1, 0.15) is 5.66 Å². The largest absolute Gasteiger partial charge is 0.312 e. The number of amides is 1. The van der Waals surface area contributed by atoms with E-state index in [2.05, 4.69) is 0 Å². The van der Waals surface area contributed by atoms with Gasteiger partial charge in [-0.15, -0.1) is 0 Å². The first-order chi connectivity index (χ1) is 15.1. The first-order valence-electron chi connectivity index (χ1n) is 10.7. The lowest BCUT2D eigenvalue weighted by Gasteiger charge is -2.35. The van der Waals surface area contributed by atoms with Gasteiger partial charge in [0.2, 0.25) is 5.91 Å². The van der Waals surface area contributed by atoms with Crippen LogP contribution in [0.1, 0.15) is 12.0 Å². The summed E-state index contributed by atoms with van der Waals surface area (Å²) in [6.07, 6.45) is 0.580. The van der Waals surface area contributed by atoms with Crippen LogP contribution >= 0.6 is 7.44 Å². The molecule has 0 spiro atoms. The standard InChI is InChI=1S/C25H26N3O2P/c1-20-12-14-21(15-13-20)26-17-16-24(25(26)29)31(30)27(22-8-4-2-5-9-22)18-19-28(31)23-10-6-3-7-11-23/h2-15,24H,16-19H2,1H3. The average Bonchev–Trinajstić information content (AvgIpc) is 3.36. The summed E-state index contributed by atoms with van der Waals surface area (Å²) in [5, 5.41) is 0. The van der Waals surface area contributed by atoms with E-state index in [1.807, 2.05) is 101 Å². The van der Waals surface area contributed by atoms with E-state index in [1.165, 1.54) is 0 Å². The molecule has 0 aliphatic carbocycles. The van der Waals surface area contributed by atoms with Crippen molar-refractivity contribution >= 4 is 30.4 Å². The van der Waals surface area contributed by atoms with Crippen LogP contribution in [0.25, 0.3) is 0 Å². The molecule has 2 aliphatic heterocycles. The highest BCUT2D eigenvalue weighted by Gasteiger charge is 2.55. The fraction of sp³-hybridized carbons (Fsp3) is 0.240. The van der Waals surface area contributed by atoms with Crippen molar-refractivity contribution in [1.82, 2.24) is 0 Å². The van der Waals surface area contributed by atoms with E-state index in [4.69, 9.17) is 0 Å². The Hall–Kier alpha value is -3.04. The summed E-state index contributed by atoms with van der Waals surface area (Å²) >= 11 is 0. The molecular weight excluding hydrogens is 405 g/mol. The molecule has 1 unspecified atom stereocenters. The van der Waals surface area contributed by atoms with E-state index < -0.39 is 13.1 Å². The Morgan fingerprint density at radius 3 is 1.74 bits per heavy atom. The van der Waals surface area contributed by atoms with Crippen LogP contribution in [0.15, 0.2) is 84.9 Å². The summed E-state index contributed by atoms with van der Waals surface area (Å²) in [7, 11) is -3.23. The fourth-order valence-corrected chi connectivity index (χ4v) is 8.18. The maximum absolute atomic E-state index is 14.9. The van der Waals surface area contributed by atoms with Crippen LogP contribution in [0.2, 0.25) is 0 Å². The Kier molecular flexibility index (Phi) is 5.07. The van der Waals surface area contributed by atoms with Crippen LogP contribution in [-0.4, -0.2) is 31.2 Å². The summed E-state index contributed by atoms with van der Waals surface area (Å²) in [4.78, 5) is 15.4. The molecule has 2 fully saturated rings. The third kappa shape index (κ3) is 3.34. The van der Waals surface area contributed by atoms with Gasteiger partial charge in [-0.25, -0.2) is 0 Å². The van der Waals surface area contributed by atoms with Gasteiger partial charge < -0.3 is 14.2 Å². The Morgan fingerprint density at radius 1 is 0.710 bits per heavy atom. The molecular formula is C25H26N3O2P. The van der Waals surface area contributed by atoms with Gasteiger partial charge in [-0.3, -0.25) is 9.36 Å². The zero-order chi connectivity index (χ0) is 21.4. The zero-order valence-electron chi connectivity index (χ0n) is 17.6. The van der Waals surface area contributed by atoms with Crippen LogP contribution in [0.5, 0.6) is 0 Å². The molecule has 2 aliphatic rings. The monoisotopic (exact) mass is 431 g/mol. The quantitative estimate of drug-likeness (QED) is 0.525. The lowest BCUT2D eigenvalue weighted by atomic mass is 10.2. The lowest BCUT2D eigenvalue weighted by molar-refractivity contribution is -0.116. The zero-order valence-corrected chi connectivity index (χ0v) is 18.5. The van der Waals surface area contributed by atoms with Crippen LogP contribution in [0.4, 0.5) is 17.1 Å². The van der Waals surface area contributed by atoms with Gasteiger partial charge in [0.05, 0.1) is 0 Å². The highest BCUT2D eigenvalue weighted by molar-refractivity contribution is 7.69. The van der Waals surface area contributed by atoms with Gasteiger partial charge in [0.25, 0.3) is 7.44 Å². The van der Waals surface area contributed by atoms with Crippen LogP contribution in [0, 0.1) is 6.92 Å². The van der Waals surface area contributed by atoms with Crippen LogP contribution in [0.3, 0.4) is 0 Å². The van der Waals surface area contributed by atoms with E-state index >= 15 is 0 Å². The molecule has 5 nitrogen and oxygen atoms in total. The summed E-state index contributed by atoms with van der Waals surface area (Å²) < 4.78 is 18.9. The maximum atomic E-state index is 14.9. The van der Waals surface area contributed by atoms with Crippen LogP contribution < -0.4 is 14.2 Å². The molecule has 5 rings (SSSR count). The van der Waals surface area contributed by atoms with Crippen molar-refractivity contribution in [3.05, 3.63) is 90.5 Å². The maximum Gasteiger partial charge on any atom is 0.275 e. The van der Waals surface area contributed by atoms with Gasteiger partial charge in [-0.1, -0.05) is 54.1 Å². The molecule has 0 radical (unpaired) electrons. The average molecular weight is 431 g/mol. The topological polar surface area (TPSA) is 43.9 Å². The fourth-order valence-electron chi connectivity index (χ4n) is 4.69. The molecule has 6 heteroatoms. The predicted molar refractivity (Wildman–Crippen MR) is 127 cm³/mol. The molecule has 1 amide bonds. The highest BCUT2D eigenvalue weighted by atomic mass is 31.2. The Labute approximate surface area is 183 Å². The minimum Gasteiger partial charge on any atom is -0.312 e. The van der Waals surface area contributed by atoms with E-state index in [0.717, 1.165) is 22.6 Å². The summed E-state index contributed by atoms with van der Waals surface area (Å²) in [5.74, 6) is -0.0454. The predicted octanol–water partition coefficient (Wildman–Crippen LogP) is 5.32. The number of nitrogens with zero attached hydrogens (tertiary/aromatic N) is 3. The number of carbonyl (C=O) groups excluding carboxylic acids is 1. The van der Waals surface area contributed by atoms with Gasteiger partial charge in [-0.05, 0) is 49.7 Å². The van der Waals surface area contributed by atoms with E-state index in [1.54, 1.807) is 4.90 Å². The number of hydrogen-bond acceptors (Lipinski definition) is 2. The molecule has 1 atom stereocenters. The molecule has 3 aromatic carbocycles. The molecule has 0 N–H and O–H groups in total. The van der Waals surface area contributed by atoms with Crippen molar-refractivity contribution in [3.8, 4) is 0 Å². The minimum atomic E-state index is -3.23. The van der Waals surface area contributed by atoms with Crippen molar-refractivity contribution in [1.29, 1.82) is 0 Å².